The number of carboxylic acid groups (broad SMARTS) is 1. The molecule has 0 aliphatic carbocycles. The minimum absolute atomic E-state index is 0.00266. The average molecular weight is 574 g/mol. The van der Waals surface area contributed by atoms with Crippen molar-refractivity contribution < 1.29 is 14.7 Å². The highest BCUT2D eigenvalue weighted by molar-refractivity contribution is 5.96. The normalized spacial score (nSPS) is 13.6. The van der Waals surface area contributed by atoms with Gasteiger partial charge in [0.1, 0.15) is 11.3 Å². The first-order chi connectivity index (χ1) is 20.9. The first kappa shape index (κ1) is 28.2. The molecule has 0 unspecified atom stereocenters. The molecule has 1 N–H and O–H groups in total. The number of aromatic nitrogens is 3. The highest BCUT2D eigenvalue weighted by atomic mass is 16.4. The number of carbonyl (C=O) groups is 2. The number of fused-ring (bicyclic) bond motifs is 1. The van der Waals surface area contributed by atoms with E-state index in [-0.39, 0.29) is 11.6 Å². The van der Waals surface area contributed by atoms with Crippen LogP contribution in [0.3, 0.4) is 0 Å². The Labute approximate surface area is 251 Å². The first-order valence-corrected chi connectivity index (χ1v) is 14.8. The number of benzene rings is 3. The molecule has 0 atom stereocenters. The molecule has 2 aromatic heterocycles. The van der Waals surface area contributed by atoms with Gasteiger partial charge in [-0.15, -0.1) is 0 Å². The molecule has 0 radical (unpaired) electrons. The number of rotatable bonds is 9. The van der Waals surface area contributed by atoms with Crippen LogP contribution in [0.2, 0.25) is 0 Å². The van der Waals surface area contributed by atoms with Crippen molar-refractivity contribution in [2.75, 3.05) is 18.0 Å². The molecule has 218 valence electrons. The van der Waals surface area contributed by atoms with Gasteiger partial charge in [0.15, 0.2) is 5.65 Å². The Morgan fingerprint density at radius 1 is 0.884 bits per heavy atom. The molecule has 8 nitrogen and oxygen atoms in total. The third-order valence-corrected chi connectivity index (χ3v) is 8.02. The van der Waals surface area contributed by atoms with Crippen molar-refractivity contribution in [3.63, 3.8) is 0 Å². The number of hydrogen-bond acceptors (Lipinski definition) is 4. The maximum Gasteiger partial charge on any atom is 0.336 e. The van der Waals surface area contributed by atoms with Gasteiger partial charge in [0.2, 0.25) is 0 Å². The number of carboxylic acids is 1. The lowest BCUT2D eigenvalue weighted by Crippen LogP contribution is -2.49. The monoisotopic (exact) mass is 573 g/mol. The van der Waals surface area contributed by atoms with Crippen LogP contribution in [0.1, 0.15) is 52.8 Å². The zero-order valence-corrected chi connectivity index (χ0v) is 24.5. The highest BCUT2D eigenvalue weighted by Crippen LogP contribution is 2.30. The fourth-order valence-electron chi connectivity index (χ4n) is 5.88. The Kier molecular flexibility index (Phi) is 7.92. The van der Waals surface area contributed by atoms with E-state index in [0.717, 1.165) is 70.9 Å². The summed E-state index contributed by atoms with van der Waals surface area (Å²) >= 11 is 0. The summed E-state index contributed by atoms with van der Waals surface area (Å²) in [5, 5.41) is 9.61. The molecule has 3 aromatic carbocycles. The molecule has 6 rings (SSSR count). The molecule has 1 aliphatic heterocycles. The lowest BCUT2D eigenvalue weighted by molar-refractivity contribution is 0.0697. The second-order valence-corrected chi connectivity index (χ2v) is 11.0. The maximum atomic E-state index is 13.6. The van der Waals surface area contributed by atoms with Gasteiger partial charge < -0.3 is 14.6 Å². The summed E-state index contributed by atoms with van der Waals surface area (Å²) in [6, 6.07) is 27.2. The van der Waals surface area contributed by atoms with E-state index >= 15 is 0 Å². The van der Waals surface area contributed by atoms with E-state index in [9.17, 15) is 14.7 Å². The van der Waals surface area contributed by atoms with Crippen LogP contribution in [0, 0.1) is 6.92 Å². The molecular weight excluding hydrogens is 538 g/mol. The number of nitrogens with zero attached hydrogens (tertiary/aromatic N) is 5. The van der Waals surface area contributed by atoms with E-state index in [2.05, 4.69) is 23.6 Å². The van der Waals surface area contributed by atoms with Crippen LogP contribution in [0.4, 0.5) is 10.5 Å². The van der Waals surface area contributed by atoms with Crippen LogP contribution in [-0.4, -0.2) is 49.6 Å². The van der Waals surface area contributed by atoms with Crippen molar-refractivity contribution in [2.24, 2.45) is 0 Å². The lowest BCUT2D eigenvalue weighted by atomic mass is 9.99. The minimum atomic E-state index is -0.940. The molecule has 1 saturated heterocycles. The molecule has 0 bridgehead atoms. The zero-order valence-electron chi connectivity index (χ0n) is 24.5. The number of hydrogen-bond donors (Lipinski definition) is 1. The van der Waals surface area contributed by atoms with E-state index in [0.29, 0.717) is 25.2 Å². The van der Waals surface area contributed by atoms with E-state index in [4.69, 9.17) is 9.97 Å². The van der Waals surface area contributed by atoms with Gasteiger partial charge in [0, 0.05) is 26.1 Å². The largest absolute Gasteiger partial charge is 0.478 e. The van der Waals surface area contributed by atoms with E-state index in [1.165, 1.54) is 0 Å². The molecule has 2 amide bonds. The number of aromatic carboxylic acids is 1. The van der Waals surface area contributed by atoms with Crippen LogP contribution >= 0.6 is 0 Å². The number of carbonyl (C=O) groups excluding carboxylic acids is 1. The van der Waals surface area contributed by atoms with Crippen molar-refractivity contribution in [3.05, 3.63) is 113 Å². The highest BCUT2D eigenvalue weighted by Gasteiger charge is 2.29. The summed E-state index contributed by atoms with van der Waals surface area (Å²) in [5.74, 6) is 0.0160. The van der Waals surface area contributed by atoms with Crippen LogP contribution in [-0.2, 0) is 19.5 Å². The van der Waals surface area contributed by atoms with Gasteiger partial charge in [0.25, 0.3) is 0 Å². The zero-order chi connectivity index (χ0) is 29.9. The molecule has 1 fully saturated rings. The van der Waals surface area contributed by atoms with E-state index in [1.807, 2.05) is 77.4 Å². The van der Waals surface area contributed by atoms with Crippen LogP contribution < -0.4 is 4.90 Å². The Balaban J connectivity index is 1.29. The quantitative estimate of drug-likeness (QED) is 0.206. The Bertz CT molecular complexity index is 1780. The van der Waals surface area contributed by atoms with Gasteiger partial charge in [-0.1, -0.05) is 79.7 Å². The Hall–Kier alpha value is -4.98. The molecular formula is C35H35N5O3. The standard InChI is InChI=1S/C35H35N5O3/c1-3-10-32-37-30-21-31(39-20-9-19-38(35(39)43)22-25-11-5-4-6-12-25)24(2)36-33(30)40(32)23-26-15-17-27(18-16-26)28-13-7-8-14-29(28)34(41)42/h4-8,11-18,21H,3,9-10,19-20,22-23H2,1-2H3,(H,41,42). The smallest absolute Gasteiger partial charge is 0.336 e. The van der Waals surface area contributed by atoms with E-state index < -0.39 is 5.97 Å². The van der Waals surface area contributed by atoms with Gasteiger partial charge in [0.05, 0.1) is 23.5 Å². The number of aryl methyl sites for hydroxylation is 2. The first-order valence-electron chi connectivity index (χ1n) is 14.8. The van der Waals surface area contributed by atoms with Gasteiger partial charge in [-0.3, -0.25) is 4.90 Å². The van der Waals surface area contributed by atoms with Crippen LogP contribution in [0.15, 0.2) is 84.9 Å². The third-order valence-electron chi connectivity index (χ3n) is 8.02. The van der Waals surface area contributed by atoms with Crippen LogP contribution in [0.25, 0.3) is 22.3 Å². The van der Waals surface area contributed by atoms with Gasteiger partial charge >= 0.3 is 12.0 Å². The number of amides is 2. The topological polar surface area (TPSA) is 91.6 Å². The Morgan fingerprint density at radius 3 is 2.35 bits per heavy atom. The molecule has 0 saturated carbocycles. The molecule has 8 heteroatoms. The summed E-state index contributed by atoms with van der Waals surface area (Å²) in [5.41, 5.74) is 7.21. The van der Waals surface area contributed by atoms with Crippen molar-refractivity contribution in [1.82, 2.24) is 19.4 Å². The summed E-state index contributed by atoms with van der Waals surface area (Å²) in [6.07, 6.45) is 2.64. The molecule has 5 aromatic rings. The van der Waals surface area contributed by atoms with Crippen molar-refractivity contribution in [1.29, 1.82) is 0 Å². The summed E-state index contributed by atoms with van der Waals surface area (Å²) in [6.45, 7) is 6.65. The molecule has 1 aliphatic rings. The Morgan fingerprint density at radius 2 is 1.60 bits per heavy atom. The predicted molar refractivity (Wildman–Crippen MR) is 168 cm³/mol. The molecule has 0 spiro atoms. The van der Waals surface area contributed by atoms with Crippen molar-refractivity contribution >= 4 is 28.9 Å². The molecule has 3 heterocycles. The fraction of sp³-hybridized carbons (Fsp3) is 0.257. The average Bonchev–Trinajstić information content (AvgIpc) is 3.34. The summed E-state index contributed by atoms with van der Waals surface area (Å²) in [4.78, 5) is 39.1. The van der Waals surface area contributed by atoms with Gasteiger partial charge in [-0.2, -0.15) is 0 Å². The minimum Gasteiger partial charge on any atom is -0.478 e. The van der Waals surface area contributed by atoms with Crippen molar-refractivity contribution in [3.8, 4) is 11.1 Å². The SMILES string of the molecule is CCCc1nc2cc(N3CCCN(Cc4ccccc4)C3=O)c(C)nc2n1Cc1ccc(-c2ccccc2C(=O)O)cc1. The lowest BCUT2D eigenvalue weighted by Gasteiger charge is -2.36. The number of anilines is 1. The summed E-state index contributed by atoms with van der Waals surface area (Å²) < 4.78 is 2.16. The van der Waals surface area contributed by atoms with Gasteiger partial charge in [-0.05, 0) is 54.2 Å². The predicted octanol–water partition coefficient (Wildman–Crippen LogP) is 6.94. The second-order valence-electron chi connectivity index (χ2n) is 11.0. The van der Waals surface area contributed by atoms with Gasteiger partial charge in [-0.25, -0.2) is 19.6 Å². The summed E-state index contributed by atoms with van der Waals surface area (Å²) in [7, 11) is 0. The van der Waals surface area contributed by atoms with E-state index in [1.54, 1.807) is 12.1 Å². The number of imidazole rings is 1. The number of pyridine rings is 1. The maximum absolute atomic E-state index is 13.6. The fourth-order valence-corrected chi connectivity index (χ4v) is 5.88. The van der Waals surface area contributed by atoms with Crippen LogP contribution in [0.5, 0.6) is 0 Å². The second kappa shape index (κ2) is 12.1. The number of urea groups is 1. The molecule has 43 heavy (non-hydrogen) atoms. The third kappa shape index (κ3) is 5.73. The van der Waals surface area contributed by atoms with Crippen molar-refractivity contribution in [2.45, 2.75) is 46.2 Å².